The van der Waals surface area contributed by atoms with Crippen LogP contribution in [0.1, 0.15) is 37.6 Å². The number of aryl methyl sites for hydroxylation is 4. The van der Waals surface area contributed by atoms with E-state index < -0.39 is 8.07 Å². The molecule has 0 bridgehead atoms. The zero-order chi connectivity index (χ0) is 20.1. The van der Waals surface area contributed by atoms with Crippen LogP contribution in [0.15, 0.2) is 65.9 Å². The number of fused-ring (bicyclic) bond motifs is 1. The number of benzene rings is 3. The van der Waals surface area contributed by atoms with E-state index in [2.05, 4.69) is 121 Å². The second-order valence-corrected chi connectivity index (χ2v) is 13.4. The van der Waals surface area contributed by atoms with Crippen LogP contribution in [0.3, 0.4) is 0 Å². The maximum absolute atomic E-state index is 2.56. The molecule has 0 amide bonds. The number of rotatable bonds is 3. The van der Waals surface area contributed by atoms with Crippen LogP contribution in [0.25, 0.3) is 6.08 Å². The fourth-order valence-electron chi connectivity index (χ4n) is 4.78. The van der Waals surface area contributed by atoms with Crippen molar-refractivity contribution in [1.82, 2.24) is 0 Å². The van der Waals surface area contributed by atoms with Gasteiger partial charge in [0.25, 0.3) is 0 Å². The standard InChI is InChI=1S/C26H27Si.3ClH.Ti/c1-18-10-19(2)13-24(12-18)27(5,25-14-20(3)11-21(4)15-25)26-16-22-8-6-7-9-23(22)17-26;;;;/h6-17H,1-5H3;3*1H;/q;;;;+3/p-3. The van der Waals surface area contributed by atoms with Gasteiger partial charge < -0.3 is 37.2 Å². The van der Waals surface area contributed by atoms with E-state index >= 15 is 0 Å². The molecule has 0 nitrogen and oxygen atoms in total. The fourth-order valence-corrected chi connectivity index (χ4v) is 10.9. The Kier molecular flexibility index (Phi) is 9.91. The summed E-state index contributed by atoms with van der Waals surface area (Å²) in [7, 11) is -2.09. The molecule has 5 heteroatoms. The molecule has 0 heterocycles. The van der Waals surface area contributed by atoms with Gasteiger partial charge in [0.1, 0.15) is 0 Å². The average molecular weight is 522 g/mol. The first-order chi connectivity index (χ1) is 13.3. The summed E-state index contributed by atoms with van der Waals surface area (Å²) in [5.74, 6) is 0. The Morgan fingerprint density at radius 3 is 1.52 bits per heavy atom. The van der Waals surface area contributed by atoms with Crippen LogP contribution in [0.4, 0.5) is 0 Å². The Morgan fingerprint density at radius 1 is 0.677 bits per heavy atom. The zero-order valence-electron chi connectivity index (χ0n) is 18.6. The van der Waals surface area contributed by atoms with E-state index in [1.165, 1.54) is 43.8 Å². The molecular weight excluding hydrogens is 495 g/mol. The second kappa shape index (κ2) is 10.9. The van der Waals surface area contributed by atoms with Crippen LogP contribution >= 0.6 is 0 Å². The van der Waals surface area contributed by atoms with Crippen LogP contribution in [0.2, 0.25) is 6.55 Å². The minimum Gasteiger partial charge on any atom is -1.00 e. The van der Waals surface area contributed by atoms with Gasteiger partial charge in [0, 0.05) is 0 Å². The van der Waals surface area contributed by atoms with Crippen molar-refractivity contribution in [2.45, 2.75) is 38.5 Å². The van der Waals surface area contributed by atoms with Gasteiger partial charge in [-0.1, -0.05) is 0 Å². The molecule has 0 aliphatic heterocycles. The molecule has 0 radical (unpaired) electrons. The van der Waals surface area contributed by atoms with Gasteiger partial charge in [0.05, 0.1) is 0 Å². The van der Waals surface area contributed by atoms with Crippen molar-refractivity contribution in [3.05, 3.63) is 99.2 Å². The summed E-state index contributed by atoms with van der Waals surface area (Å²) in [5, 5.41) is 4.69. The molecule has 0 saturated carbocycles. The summed E-state index contributed by atoms with van der Waals surface area (Å²) < 4.78 is 0.467. The van der Waals surface area contributed by atoms with Crippen molar-refractivity contribution in [2.75, 3.05) is 0 Å². The molecule has 0 fully saturated rings. The molecule has 1 aliphatic rings. The molecule has 0 saturated heterocycles. The van der Waals surface area contributed by atoms with Gasteiger partial charge in [0.2, 0.25) is 0 Å². The summed E-state index contributed by atoms with van der Waals surface area (Å²) in [5.41, 5.74) is 8.33. The van der Waals surface area contributed by atoms with E-state index in [-0.39, 0.29) is 37.2 Å². The van der Waals surface area contributed by atoms with Gasteiger partial charge in [-0.3, -0.25) is 0 Å². The molecule has 3 aromatic rings. The van der Waals surface area contributed by atoms with E-state index in [0.717, 1.165) is 0 Å². The molecule has 1 atom stereocenters. The number of allylic oxidation sites excluding steroid dienone is 1. The minimum atomic E-state index is -2.09. The van der Waals surface area contributed by atoms with Crippen LogP contribution in [0.5, 0.6) is 0 Å². The molecule has 0 N–H and O–H groups in total. The van der Waals surface area contributed by atoms with E-state index in [1.807, 2.05) is 0 Å². The van der Waals surface area contributed by atoms with Crippen LogP contribution < -0.4 is 47.6 Å². The Bertz CT molecular complexity index is 1020. The SMILES string of the molecule is Cc1cc(C)cc([Si](C)(C2=Cc3ccccc3[CH]2[Ti+3])c2cc(C)cc(C)c2)c1.[Cl-].[Cl-].[Cl-]. The first-order valence-corrected chi connectivity index (χ1v) is 13.4. The third-order valence-corrected chi connectivity index (χ3v) is 12.0. The van der Waals surface area contributed by atoms with E-state index in [9.17, 15) is 0 Å². The van der Waals surface area contributed by atoms with Crippen molar-refractivity contribution in [1.29, 1.82) is 0 Å². The van der Waals surface area contributed by atoms with Crippen molar-refractivity contribution >= 4 is 24.5 Å². The average Bonchev–Trinajstić information content (AvgIpc) is 2.97. The van der Waals surface area contributed by atoms with Crippen LogP contribution in [-0.2, 0) is 20.4 Å². The van der Waals surface area contributed by atoms with Gasteiger partial charge in [-0.15, -0.1) is 0 Å². The summed E-state index contributed by atoms with van der Waals surface area (Å²) in [6.07, 6.45) is 2.50. The van der Waals surface area contributed by atoms with Crippen molar-refractivity contribution < 1.29 is 57.7 Å². The molecule has 31 heavy (non-hydrogen) atoms. The first kappa shape index (κ1) is 28.2. The Morgan fingerprint density at radius 2 is 1.10 bits per heavy atom. The molecule has 0 aromatic heterocycles. The maximum Gasteiger partial charge on any atom is -1.00 e. The Labute approximate surface area is 218 Å². The molecule has 1 aliphatic carbocycles. The summed E-state index contributed by atoms with van der Waals surface area (Å²) >= 11 is 2.40. The molecule has 1 unspecified atom stereocenters. The van der Waals surface area contributed by atoms with Gasteiger partial charge in [-0.05, 0) is 0 Å². The number of hydrogen-bond acceptors (Lipinski definition) is 0. The molecule has 0 spiro atoms. The topological polar surface area (TPSA) is 0 Å². The van der Waals surface area contributed by atoms with Crippen LogP contribution in [-0.4, -0.2) is 8.07 Å². The van der Waals surface area contributed by atoms with Gasteiger partial charge in [0.15, 0.2) is 0 Å². The summed E-state index contributed by atoms with van der Waals surface area (Å²) in [6.45, 7) is 11.5. The number of halogens is 3. The van der Waals surface area contributed by atoms with Crippen molar-refractivity contribution in [2.24, 2.45) is 0 Å². The fraction of sp³-hybridized carbons (Fsp3) is 0.231. The van der Waals surface area contributed by atoms with Gasteiger partial charge >= 0.3 is 183 Å². The van der Waals surface area contributed by atoms with E-state index in [1.54, 1.807) is 5.20 Å². The molecular formula is C26H27Cl3SiTi. The Balaban J connectivity index is 0.00000160. The number of hydrogen-bond donors (Lipinski definition) is 0. The zero-order valence-corrected chi connectivity index (χ0v) is 23.4. The first-order valence-electron chi connectivity index (χ1n) is 9.98. The predicted molar refractivity (Wildman–Crippen MR) is 120 cm³/mol. The van der Waals surface area contributed by atoms with Crippen molar-refractivity contribution in [3.63, 3.8) is 0 Å². The largest absolute Gasteiger partial charge is 1.00 e. The Hall–Kier alpha value is -0.799. The molecule has 3 aromatic carbocycles. The maximum atomic E-state index is 2.56. The predicted octanol–water partition coefficient (Wildman–Crippen LogP) is -3.65. The molecule has 160 valence electrons. The summed E-state index contributed by atoms with van der Waals surface area (Å²) in [4.78, 5) is 0. The third kappa shape index (κ3) is 5.24. The molecule has 4 rings (SSSR count). The normalized spacial score (nSPS) is 14.5. The van der Waals surface area contributed by atoms with E-state index in [4.69, 9.17) is 0 Å². The second-order valence-electron chi connectivity index (χ2n) is 8.54. The monoisotopic (exact) mass is 520 g/mol. The van der Waals surface area contributed by atoms with Gasteiger partial charge in [-0.2, -0.15) is 0 Å². The summed E-state index contributed by atoms with van der Waals surface area (Å²) in [6, 6.07) is 23.3. The van der Waals surface area contributed by atoms with Crippen molar-refractivity contribution in [3.8, 4) is 0 Å². The van der Waals surface area contributed by atoms with Crippen LogP contribution in [0, 0.1) is 27.7 Å². The van der Waals surface area contributed by atoms with Gasteiger partial charge in [-0.25, -0.2) is 0 Å². The quantitative estimate of drug-likeness (QED) is 0.312. The third-order valence-electron chi connectivity index (χ3n) is 6.10. The van der Waals surface area contributed by atoms with E-state index in [0.29, 0.717) is 4.22 Å². The smallest absolute Gasteiger partial charge is 1.00 e. The minimum absolute atomic E-state index is 0.